The highest BCUT2D eigenvalue weighted by Crippen LogP contribution is 2.20. The molecular weight excluding hydrogens is 230 g/mol. The fraction of sp³-hybridized carbons (Fsp3) is 0.214. The van der Waals surface area contributed by atoms with E-state index in [-0.39, 0.29) is 12.2 Å². The predicted octanol–water partition coefficient (Wildman–Crippen LogP) is 1.65. The molecule has 1 aromatic heterocycles. The minimum Gasteiger partial charge on any atom is -0.496 e. The first-order valence-corrected chi connectivity index (χ1v) is 5.63. The van der Waals surface area contributed by atoms with Crippen molar-refractivity contribution in [2.75, 3.05) is 7.11 Å². The third kappa shape index (κ3) is 2.28. The van der Waals surface area contributed by atoms with E-state index in [0.717, 1.165) is 17.0 Å². The summed E-state index contributed by atoms with van der Waals surface area (Å²) in [6.07, 6.45) is 1.65. The van der Waals surface area contributed by atoms with Crippen LogP contribution in [0, 0.1) is 6.92 Å². The van der Waals surface area contributed by atoms with E-state index >= 15 is 0 Å². The molecule has 0 radical (unpaired) electrons. The van der Waals surface area contributed by atoms with Gasteiger partial charge in [0.05, 0.1) is 19.4 Å². The van der Waals surface area contributed by atoms with Gasteiger partial charge in [-0.1, -0.05) is 6.07 Å². The Labute approximate surface area is 105 Å². The van der Waals surface area contributed by atoms with E-state index < -0.39 is 0 Å². The maximum atomic E-state index is 11.9. The summed E-state index contributed by atoms with van der Waals surface area (Å²) in [6, 6.07) is 8.72. The first-order chi connectivity index (χ1) is 8.65. The molecule has 0 aliphatic heterocycles. The number of aliphatic hydroxyl groups excluding tert-OH is 1. The first kappa shape index (κ1) is 12.4. The molecule has 0 unspecified atom stereocenters. The summed E-state index contributed by atoms with van der Waals surface area (Å²) >= 11 is 0. The molecule has 94 valence electrons. The summed E-state index contributed by atoms with van der Waals surface area (Å²) in [5.74, 6) is 0.741. The Kier molecular flexibility index (Phi) is 3.48. The SMILES string of the molecule is COc1cc(-n2ccc(CO)cc2=O)ccc1C. The second-order valence-electron chi connectivity index (χ2n) is 4.06. The fourth-order valence-corrected chi connectivity index (χ4v) is 1.79. The van der Waals surface area contributed by atoms with E-state index in [9.17, 15) is 4.79 Å². The number of hydrogen-bond donors (Lipinski definition) is 1. The fourth-order valence-electron chi connectivity index (χ4n) is 1.79. The summed E-state index contributed by atoms with van der Waals surface area (Å²) in [4.78, 5) is 11.9. The van der Waals surface area contributed by atoms with E-state index in [1.54, 1.807) is 19.4 Å². The Bertz CT molecular complexity index is 617. The van der Waals surface area contributed by atoms with E-state index in [2.05, 4.69) is 0 Å². The van der Waals surface area contributed by atoms with Crippen molar-refractivity contribution in [3.8, 4) is 11.4 Å². The van der Waals surface area contributed by atoms with E-state index in [0.29, 0.717) is 5.56 Å². The molecule has 0 spiro atoms. The van der Waals surface area contributed by atoms with Crippen molar-refractivity contribution in [1.82, 2.24) is 4.57 Å². The number of pyridine rings is 1. The Morgan fingerprint density at radius 2 is 2.06 bits per heavy atom. The monoisotopic (exact) mass is 245 g/mol. The van der Waals surface area contributed by atoms with Gasteiger partial charge in [-0.25, -0.2) is 0 Å². The lowest BCUT2D eigenvalue weighted by atomic mass is 10.2. The van der Waals surface area contributed by atoms with Gasteiger partial charge in [-0.3, -0.25) is 9.36 Å². The van der Waals surface area contributed by atoms with Crippen LogP contribution in [0.15, 0.2) is 41.3 Å². The molecule has 2 rings (SSSR count). The molecular formula is C14H15NO3. The van der Waals surface area contributed by atoms with Crippen molar-refractivity contribution in [1.29, 1.82) is 0 Å². The smallest absolute Gasteiger partial charge is 0.255 e. The number of nitrogens with zero attached hydrogens (tertiary/aromatic N) is 1. The van der Waals surface area contributed by atoms with Crippen molar-refractivity contribution < 1.29 is 9.84 Å². The number of aliphatic hydroxyl groups is 1. The van der Waals surface area contributed by atoms with Gasteiger partial charge in [0.15, 0.2) is 0 Å². The largest absolute Gasteiger partial charge is 0.496 e. The number of benzene rings is 1. The number of aromatic nitrogens is 1. The molecule has 1 N–H and O–H groups in total. The van der Waals surface area contributed by atoms with Gasteiger partial charge in [-0.2, -0.15) is 0 Å². The number of rotatable bonds is 3. The molecule has 0 aliphatic carbocycles. The van der Waals surface area contributed by atoms with E-state index in [1.807, 2.05) is 25.1 Å². The molecule has 0 saturated heterocycles. The van der Waals surface area contributed by atoms with E-state index in [4.69, 9.17) is 9.84 Å². The van der Waals surface area contributed by atoms with Crippen LogP contribution in [0.25, 0.3) is 5.69 Å². The Morgan fingerprint density at radius 3 is 2.67 bits per heavy atom. The Morgan fingerprint density at radius 1 is 1.28 bits per heavy atom. The lowest BCUT2D eigenvalue weighted by molar-refractivity contribution is 0.281. The van der Waals surface area contributed by atoms with Gasteiger partial charge in [0.2, 0.25) is 0 Å². The summed E-state index contributed by atoms with van der Waals surface area (Å²) in [5, 5.41) is 8.97. The van der Waals surface area contributed by atoms with Crippen LogP contribution in [-0.2, 0) is 6.61 Å². The van der Waals surface area contributed by atoms with Crippen LogP contribution in [0.3, 0.4) is 0 Å². The highest BCUT2D eigenvalue weighted by atomic mass is 16.5. The van der Waals surface area contributed by atoms with Gasteiger partial charge in [0, 0.05) is 18.3 Å². The van der Waals surface area contributed by atoms with Crippen LogP contribution < -0.4 is 10.3 Å². The van der Waals surface area contributed by atoms with Gasteiger partial charge in [0.25, 0.3) is 5.56 Å². The van der Waals surface area contributed by atoms with Gasteiger partial charge in [-0.15, -0.1) is 0 Å². The van der Waals surface area contributed by atoms with Crippen LogP contribution in [-0.4, -0.2) is 16.8 Å². The minimum atomic E-state index is -0.174. The molecule has 0 fully saturated rings. The van der Waals surface area contributed by atoms with Gasteiger partial charge in [0.1, 0.15) is 5.75 Å². The molecule has 0 atom stereocenters. The van der Waals surface area contributed by atoms with Gasteiger partial charge < -0.3 is 9.84 Å². The van der Waals surface area contributed by atoms with Crippen molar-refractivity contribution in [3.63, 3.8) is 0 Å². The lowest BCUT2D eigenvalue weighted by Crippen LogP contribution is -2.17. The zero-order chi connectivity index (χ0) is 13.1. The number of hydrogen-bond acceptors (Lipinski definition) is 3. The van der Waals surface area contributed by atoms with Crippen LogP contribution >= 0.6 is 0 Å². The van der Waals surface area contributed by atoms with Crippen LogP contribution in [0.1, 0.15) is 11.1 Å². The number of aryl methyl sites for hydroxylation is 1. The van der Waals surface area contributed by atoms with Gasteiger partial charge >= 0.3 is 0 Å². The molecule has 1 heterocycles. The lowest BCUT2D eigenvalue weighted by Gasteiger charge is -2.10. The van der Waals surface area contributed by atoms with Crippen molar-refractivity contribution >= 4 is 0 Å². The molecule has 2 aromatic rings. The molecule has 4 heteroatoms. The van der Waals surface area contributed by atoms with E-state index in [1.165, 1.54) is 10.6 Å². The molecule has 4 nitrogen and oxygen atoms in total. The number of methoxy groups -OCH3 is 1. The Hall–Kier alpha value is -2.07. The topological polar surface area (TPSA) is 51.5 Å². The van der Waals surface area contributed by atoms with Crippen LogP contribution in [0.2, 0.25) is 0 Å². The Balaban J connectivity index is 2.52. The molecule has 1 aromatic carbocycles. The highest BCUT2D eigenvalue weighted by molar-refractivity contribution is 5.44. The normalized spacial score (nSPS) is 10.4. The van der Waals surface area contributed by atoms with Crippen LogP contribution in [0.5, 0.6) is 5.75 Å². The summed E-state index contributed by atoms with van der Waals surface area (Å²) in [7, 11) is 1.60. The molecule has 18 heavy (non-hydrogen) atoms. The van der Waals surface area contributed by atoms with Crippen molar-refractivity contribution in [2.45, 2.75) is 13.5 Å². The maximum Gasteiger partial charge on any atom is 0.255 e. The van der Waals surface area contributed by atoms with Gasteiger partial charge in [-0.05, 0) is 30.2 Å². The third-order valence-electron chi connectivity index (χ3n) is 2.84. The summed E-state index contributed by atoms with van der Waals surface area (Å²) < 4.78 is 6.75. The van der Waals surface area contributed by atoms with Crippen molar-refractivity contribution in [3.05, 3.63) is 58.0 Å². The maximum absolute atomic E-state index is 11.9. The first-order valence-electron chi connectivity index (χ1n) is 5.63. The minimum absolute atomic E-state index is 0.132. The second kappa shape index (κ2) is 5.06. The number of ether oxygens (including phenoxy) is 1. The summed E-state index contributed by atoms with van der Waals surface area (Å²) in [6.45, 7) is 1.81. The summed E-state index contributed by atoms with van der Waals surface area (Å²) in [5.41, 5.74) is 2.19. The molecule has 0 bridgehead atoms. The second-order valence-corrected chi connectivity index (χ2v) is 4.06. The zero-order valence-corrected chi connectivity index (χ0v) is 10.4. The third-order valence-corrected chi connectivity index (χ3v) is 2.84. The average molecular weight is 245 g/mol. The van der Waals surface area contributed by atoms with Crippen molar-refractivity contribution in [2.24, 2.45) is 0 Å². The predicted molar refractivity (Wildman–Crippen MR) is 69.3 cm³/mol. The van der Waals surface area contributed by atoms with Crippen LogP contribution in [0.4, 0.5) is 0 Å². The average Bonchev–Trinajstić information content (AvgIpc) is 2.39. The molecule has 0 aliphatic rings. The molecule has 0 saturated carbocycles. The highest BCUT2D eigenvalue weighted by Gasteiger charge is 2.04. The molecule has 0 amide bonds. The standard InChI is InChI=1S/C14H15NO3/c1-10-3-4-12(8-13(10)18-2)15-6-5-11(9-16)7-14(15)17/h3-8,16H,9H2,1-2H3. The quantitative estimate of drug-likeness (QED) is 0.894. The zero-order valence-electron chi connectivity index (χ0n) is 10.4.